The fourth-order valence-corrected chi connectivity index (χ4v) is 4.42. The van der Waals surface area contributed by atoms with Crippen LogP contribution in [0.3, 0.4) is 0 Å². The lowest BCUT2D eigenvalue weighted by atomic mass is 9.89. The molecule has 3 N–H and O–H groups in total. The molecule has 3 aromatic rings. The lowest BCUT2D eigenvalue weighted by Crippen LogP contribution is -2.48. The van der Waals surface area contributed by atoms with Crippen LogP contribution in [-0.2, 0) is 0 Å². The number of aromatic nitrogens is 1. The van der Waals surface area contributed by atoms with Crippen molar-refractivity contribution in [1.29, 1.82) is 0 Å². The van der Waals surface area contributed by atoms with Crippen molar-refractivity contribution in [3.63, 3.8) is 0 Å². The van der Waals surface area contributed by atoms with Crippen LogP contribution >= 0.6 is 0 Å². The number of pyridine rings is 1. The topological polar surface area (TPSA) is 104 Å². The third-order valence-electron chi connectivity index (χ3n) is 7.21. The van der Waals surface area contributed by atoms with Gasteiger partial charge in [0.05, 0.1) is 5.56 Å². The minimum atomic E-state index is -0.265. The molecule has 0 bridgehead atoms. The third kappa shape index (κ3) is 6.17. The highest BCUT2D eigenvalue weighted by atomic mass is 16.2. The Hall–Kier alpha value is -4.46. The van der Waals surface area contributed by atoms with E-state index in [1.807, 2.05) is 54.1 Å². The molecule has 2 aromatic carbocycles. The van der Waals surface area contributed by atoms with Crippen molar-refractivity contribution in [3.8, 4) is 0 Å². The van der Waals surface area contributed by atoms with Gasteiger partial charge in [0, 0.05) is 74.6 Å². The number of likely N-dealkylation sites (tertiary alicyclic amines) is 1. The van der Waals surface area contributed by atoms with Crippen LogP contribution in [0, 0.1) is 6.92 Å². The summed E-state index contributed by atoms with van der Waals surface area (Å²) < 4.78 is 0. The minimum Gasteiger partial charge on any atom is -0.404 e. The van der Waals surface area contributed by atoms with Gasteiger partial charge in [0.25, 0.3) is 11.8 Å². The van der Waals surface area contributed by atoms with Gasteiger partial charge < -0.3 is 20.9 Å². The number of rotatable bonds is 8. The Labute approximate surface area is 230 Å². The highest BCUT2D eigenvalue weighted by molar-refractivity contribution is 6.09. The smallest absolute Gasteiger partial charge is 0.257 e. The van der Waals surface area contributed by atoms with E-state index in [2.05, 4.69) is 41.3 Å². The number of hydrogen-bond donors (Lipinski definition) is 2. The number of carbonyl (C=O) groups is 2. The Morgan fingerprint density at radius 3 is 2.33 bits per heavy atom. The summed E-state index contributed by atoms with van der Waals surface area (Å²) in [5, 5.41) is 2.94. The number of anilines is 2. The highest BCUT2D eigenvalue weighted by Crippen LogP contribution is 2.30. The number of hydrogen-bond acceptors (Lipinski definition) is 6. The average Bonchev–Trinajstić information content (AvgIpc) is 2.92. The standard InChI is InChI=1S/C31H36N6O2/c1-20(2)36(5)29-13-12-25(17-34-29)30(38)35-28-14-24(7-6-21(28)3)31(39)37-18-27(19-37)23-10-8-22(9-11-23)26(15-32)16-33-4/h6-17,20,27H,18-19,32H2,1-5H3,(H,35,38). The summed E-state index contributed by atoms with van der Waals surface area (Å²) in [5.74, 6) is 0.771. The molecular weight excluding hydrogens is 488 g/mol. The van der Waals surface area contributed by atoms with E-state index in [4.69, 9.17) is 5.73 Å². The van der Waals surface area contributed by atoms with Gasteiger partial charge in [-0.05, 0) is 61.7 Å². The minimum absolute atomic E-state index is 0.0476. The number of allylic oxidation sites excluding steroid dienone is 1. The van der Waals surface area contributed by atoms with E-state index >= 15 is 0 Å². The van der Waals surface area contributed by atoms with Gasteiger partial charge in [0.15, 0.2) is 0 Å². The van der Waals surface area contributed by atoms with Gasteiger partial charge in [-0.15, -0.1) is 0 Å². The molecule has 0 unspecified atom stereocenters. The number of aryl methyl sites for hydroxylation is 1. The first-order valence-electron chi connectivity index (χ1n) is 13.1. The largest absolute Gasteiger partial charge is 0.404 e. The molecule has 0 saturated carbocycles. The Bertz CT molecular complexity index is 1390. The Morgan fingerprint density at radius 1 is 1.08 bits per heavy atom. The first kappa shape index (κ1) is 27.6. The van der Waals surface area contributed by atoms with Crippen LogP contribution < -0.4 is 16.0 Å². The van der Waals surface area contributed by atoms with Crippen LogP contribution in [0.5, 0.6) is 0 Å². The van der Waals surface area contributed by atoms with E-state index in [0.29, 0.717) is 35.9 Å². The predicted octanol–water partition coefficient (Wildman–Crippen LogP) is 4.73. The Morgan fingerprint density at radius 2 is 1.74 bits per heavy atom. The van der Waals surface area contributed by atoms with Crippen LogP contribution in [0.4, 0.5) is 11.5 Å². The first-order valence-corrected chi connectivity index (χ1v) is 13.1. The molecule has 1 aromatic heterocycles. The monoisotopic (exact) mass is 524 g/mol. The normalized spacial score (nSPS) is 14.0. The maximum atomic E-state index is 13.2. The fourth-order valence-electron chi connectivity index (χ4n) is 4.42. The lowest BCUT2D eigenvalue weighted by Gasteiger charge is -2.39. The van der Waals surface area contributed by atoms with Crippen molar-refractivity contribution in [1.82, 2.24) is 9.88 Å². The molecule has 1 aliphatic heterocycles. The average molecular weight is 525 g/mol. The molecule has 1 saturated heterocycles. The summed E-state index contributed by atoms with van der Waals surface area (Å²) in [5.41, 5.74) is 11.3. The molecule has 39 heavy (non-hydrogen) atoms. The van der Waals surface area contributed by atoms with E-state index in [1.165, 1.54) is 5.56 Å². The summed E-state index contributed by atoms with van der Waals surface area (Å²) in [7, 11) is 3.68. The van der Waals surface area contributed by atoms with E-state index < -0.39 is 0 Å². The molecule has 0 spiro atoms. The Kier molecular flexibility index (Phi) is 8.44. The van der Waals surface area contributed by atoms with Crippen molar-refractivity contribution in [2.24, 2.45) is 10.7 Å². The van der Waals surface area contributed by atoms with Crippen molar-refractivity contribution in [2.45, 2.75) is 32.7 Å². The van der Waals surface area contributed by atoms with Crippen molar-refractivity contribution >= 4 is 35.1 Å². The van der Waals surface area contributed by atoms with E-state index in [1.54, 1.807) is 37.8 Å². The van der Waals surface area contributed by atoms with E-state index in [9.17, 15) is 9.59 Å². The highest BCUT2D eigenvalue weighted by Gasteiger charge is 2.32. The lowest BCUT2D eigenvalue weighted by molar-refractivity contribution is 0.0602. The molecule has 0 atom stereocenters. The molecule has 1 aliphatic rings. The molecule has 1 fully saturated rings. The van der Waals surface area contributed by atoms with Gasteiger partial charge >= 0.3 is 0 Å². The first-order chi connectivity index (χ1) is 18.7. The van der Waals surface area contributed by atoms with Gasteiger partial charge in [-0.3, -0.25) is 14.6 Å². The fraction of sp³-hybridized carbons (Fsp3) is 0.290. The van der Waals surface area contributed by atoms with Crippen molar-refractivity contribution in [3.05, 3.63) is 94.8 Å². The van der Waals surface area contributed by atoms with Crippen molar-refractivity contribution in [2.75, 3.05) is 37.4 Å². The van der Waals surface area contributed by atoms with Crippen molar-refractivity contribution < 1.29 is 9.59 Å². The summed E-state index contributed by atoms with van der Waals surface area (Å²) in [6.07, 6.45) is 4.85. The second-order valence-electron chi connectivity index (χ2n) is 10.1. The number of carbonyl (C=O) groups excluding carboxylic acids is 2. The van der Waals surface area contributed by atoms with Crippen LogP contribution in [-0.4, -0.2) is 61.1 Å². The van der Waals surface area contributed by atoms with Gasteiger partial charge in [-0.1, -0.05) is 30.3 Å². The molecule has 8 nitrogen and oxygen atoms in total. The van der Waals surface area contributed by atoms with Gasteiger partial charge in [0.1, 0.15) is 5.82 Å². The molecule has 2 amide bonds. The molecular formula is C31H36N6O2. The second kappa shape index (κ2) is 11.9. The van der Waals surface area contributed by atoms with Crippen LogP contribution in [0.1, 0.15) is 57.2 Å². The summed E-state index contributed by atoms with van der Waals surface area (Å²) in [6, 6.07) is 17.5. The zero-order valence-corrected chi connectivity index (χ0v) is 23.2. The SMILES string of the molecule is CN=CC(=CN)c1ccc(C2CN(C(=O)c3ccc(C)c(NC(=O)c4ccc(N(C)C(C)C)nc4)c3)C2)cc1. The van der Waals surface area contributed by atoms with Gasteiger partial charge in [-0.2, -0.15) is 0 Å². The van der Waals surface area contributed by atoms with Gasteiger partial charge in [0.2, 0.25) is 0 Å². The summed E-state index contributed by atoms with van der Waals surface area (Å²) in [6.45, 7) is 7.36. The number of amides is 2. The maximum Gasteiger partial charge on any atom is 0.257 e. The van der Waals surface area contributed by atoms with E-state index in [0.717, 1.165) is 22.5 Å². The zero-order chi connectivity index (χ0) is 28.1. The number of nitrogens with one attached hydrogen (secondary N) is 1. The molecule has 0 radical (unpaired) electrons. The zero-order valence-electron chi connectivity index (χ0n) is 23.2. The summed E-state index contributed by atoms with van der Waals surface area (Å²) in [4.78, 5) is 38.4. The molecule has 202 valence electrons. The number of nitrogens with two attached hydrogens (primary N) is 1. The quantitative estimate of drug-likeness (QED) is 0.415. The predicted molar refractivity (Wildman–Crippen MR) is 159 cm³/mol. The van der Waals surface area contributed by atoms with Crippen LogP contribution in [0.2, 0.25) is 0 Å². The van der Waals surface area contributed by atoms with Crippen LogP contribution in [0.25, 0.3) is 5.57 Å². The number of aliphatic imine (C=N–C) groups is 1. The maximum absolute atomic E-state index is 13.2. The molecule has 0 aliphatic carbocycles. The van der Waals surface area contributed by atoms with E-state index in [-0.39, 0.29) is 17.7 Å². The molecule has 4 rings (SSSR count). The molecule has 8 heteroatoms. The van der Waals surface area contributed by atoms with Crippen LogP contribution in [0.15, 0.2) is 72.0 Å². The van der Waals surface area contributed by atoms with Gasteiger partial charge in [-0.25, -0.2) is 4.98 Å². The Balaban J connectivity index is 1.39. The molecule has 2 heterocycles. The number of nitrogens with zero attached hydrogens (tertiary/aromatic N) is 4. The number of benzene rings is 2. The third-order valence-corrected chi connectivity index (χ3v) is 7.21. The summed E-state index contributed by atoms with van der Waals surface area (Å²) >= 11 is 0. The second-order valence-corrected chi connectivity index (χ2v) is 10.1.